The molecule has 3 heterocycles. The first-order chi connectivity index (χ1) is 28.1. The second kappa shape index (κ2) is 19.5. The van der Waals surface area contributed by atoms with Crippen LogP contribution >= 0.6 is 12.4 Å². The number of rotatable bonds is 13. The summed E-state index contributed by atoms with van der Waals surface area (Å²) < 4.78 is 2.15. The fraction of sp³-hybridized carbons (Fsp3) is 0.286. The Morgan fingerprint density at radius 2 is 1.12 bits per heavy atom. The van der Waals surface area contributed by atoms with E-state index in [1.807, 2.05) is 42.7 Å². The van der Waals surface area contributed by atoms with Crippen LogP contribution in [0, 0.1) is 11.3 Å². The molecule has 1 aromatic heterocycles. The van der Waals surface area contributed by atoms with Gasteiger partial charge in [-0.3, -0.25) is 9.69 Å². The lowest BCUT2D eigenvalue weighted by Crippen LogP contribution is -2.54. The van der Waals surface area contributed by atoms with Gasteiger partial charge in [-0.25, -0.2) is 4.98 Å². The minimum atomic E-state index is -0.622. The normalized spacial score (nSPS) is 15.4. The van der Waals surface area contributed by atoms with Crippen LogP contribution in [0.15, 0.2) is 158 Å². The molecule has 5 aromatic carbocycles. The van der Waals surface area contributed by atoms with Crippen molar-refractivity contribution < 1.29 is 4.79 Å². The van der Waals surface area contributed by atoms with Gasteiger partial charge in [0, 0.05) is 81.7 Å². The van der Waals surface area contributed by atoms with E-state index in [0.717, 1.165) is 68.8 Å². The van der Waals surface area contributed by atoms with Gasteiger partial charge in [0.1, 0.15) is 11.9 Å². The van der Waals surface area contributed by atoms with E-state index < -0.39 is 6.04 Å². The monoisotopic (exact) mass is 789 g/mol. The molecular weight excluding hydrogens is 738 g/mol. The number of nitrogens with zero attached hydrogens (tertiary/aromatic N) is 7. The second-order valence-electron chi connectivity index (χ2n) is 15.3. The lowest BCUT2D eigenvalue weighted by atomic mass is 9.96. The molecule has 0 bridgehead atoms. The zero-order valence-corrected chi connectivity index (χ0v) is 33.8. The summed E-state index contributed by atoms with van der Waals surface area (Å²) in [5, 5.41) is 9.47. The van der Waals surface area contributed by atoms with Crippen LogP contribution in [0.1, 0.15) is 59.8 Å². The Hall–Kier alpha value is -5.88. The number of hydrogen-bond acceptors (Lipinski definition) is 6. The fourth-order valence-corrected chi connectivity index (χ4v) is 8.70. The van der Waals surface area contributed by atoms with E-state index >= 15 is 4.79 Å². The lowest BCUT2D eigenvalue weighted by Gasteiger charge is -2.45. The quantitative estimate of drug-likeness (QED) is 0.116. The molecule has 2 aliphatic rings. The first kappa shape index (κ1) is 40.3. The summed E-state index contributed by atoms with van der Waals surface area (Å²) in [5.74, 6) is 0.858. The SMILES string of the molecule is Cl.N#Cc1ccc(Cn2ccnc2C(C(=O)N(Cc2ccccc2)C2CCN(c3ccccc3)CC2)N(Cc2ccccc2)C2CCN(c3ccccc3)CC2)cc1. The van der Waals surface area contributed by atoms with E-state index in [0.29, 0.717) is 25.2 Å². The second-order valence-corrected chi connectivity index (χ2v) is 15.3. The number of benzene rings is 5. The van der Waals surface area contributed by atoms with Crippen LogP contribution in [0.5, 0.6) is 0 Å². The molecule has 9 heteroatoms. The number of carbonyl (C=O) groups is 1. The van der Waals surface area contributed by atoms with Crippen LogP contribution in [0.2, 0.25) is 0 Å². The summed E-state index contributed by atoms with van der Waals surface area (Å²) in [5.41, 5.74) is 6.46. The topological polar surface area (TPSA) is 71.6 Å². The Morgan fingerprint density at radius 3 is 1.64 bits per heavy atom. The van der Waals surface area contributed by atoms with Gasteiger partial charge in [0.15, 0.2) is 0 Å². The third-order valence-electron chi connectivity index (χ3n) is 11.8. The third kappa shape index (κ3) is 9.62. The van der Waals surface area contributed by atoms with Crippen molar-refractivity contribution in [1.29, 1.82) is 5.26 Å². The number of halogens is 1. The van der Waals surface area contributed by atoms with Crippen molar-refractivity contribution in [3.05, 3.63) is 186 Å². The van der Waals surface area contributed by atoms with E-state index in [1.165, 1.54) is 16.9 Å². The Kier molecular flexibility index (Phi) is 13.6. The van der Waals surface area contributed by atoms with Crippen LogP contribution in [0.4, 0.5) is 11.4 Å². The molecule has 1 amide bonds. The number of aromatic nitrogens is 2. The molecule has 296 valence electrons. The Bertz CT molecular complexity index is 2190. The molecule has 2 fully saturated rings. The van der Waals surface area contributed by atoms with Gasteiger partial charge in [0.25, 0.3) is 0 Å². The molecule has 0 aliphatic carbocycles. The van der Waals surface area contributed by atoms with E-state index in [4.69, 9.17) is 4.98 Å². The number of hydrogen-bond donors (Lipinski definition) is 0. The predicted octanol–water partition coefficient (Wildman–Crippen LogP) is 9.13. The number of piperidine rings is 2. The van der Waals surface area contributed by atoms with Crippen molar-refractivity contribution in [1.82, 2.24) is 19.4 Å². The summed E-state index contributed by atoms with van der Waals surface area (Å²) in [7, 11) is 0. The molecule has 1 unspecified atom stereocenters. The fourth-order valence-electron chi connectivity index (χ4n) is 8.70. The molecule has 0 radical (unpaired) electrons. The number of amides is 1. The largest absolute Gasteiger partial charge is 0.371 e. The summed E-state index contributed by atoms with van der Waals surface area (Å²) in [6, 6.07) is 51.9. The van der Waals surface area contributed by atoms with Crippen molar-refractivity contribution in [2.45, 2.75) is 63.4 Å². The standard InChI is InChI=1S/C49H51N7O.ClH/c50-35-39-21-23-42(24-22-39)36-54-34-29-51-48(54)47(55(37-40-13-5-1-6-14-40)45-25-30-52(31-26-45)43-17-9-3-10-18-43)49(57)56(38-41-15-7-2-8-16-41)46-27-32-53(33-28-46)44-19-11-4-12-20-44;/h1-24,29,34,45-47H,25-28,30-33,36-38H2;1H. The van der Waals surface area contributed by atoms with Crippen LogP contribution in [-0.4, -0.2) is 63.5 Å². The summed E-state index contributed by atoms with van der Waals surface area (Å²) in [6.45, 7) is 5.30. The molecule has 1 atom stereocenters. The summed E-state index contributed by atoms with van der Waals surface area (Å²) in [6.07, 6.45) is 7.47. The average molecular weight is 790 g/mol. The highest BCUT2D eigenvalue weighted by Gasteiger charge is 2.41. The van der Waals surface area contributed by atoms with Crippen molar-refractivity contribution in [3.8, 4) is 6.07 Å². The highest BCUT2D eigenvalue weighted by atomic mass is 35.5. The van der Waals surface area contributed by atoms with Gasteiger partial charge in [-0.1, -0.05) is 109 Å². The molecule has 2 aliphatic heterocycles. The van der Waals surface area contributed by atoms with Crippen molar-refractivity contribution >= 4 is 29.7 Å². The summed E-state index contributed by atoms with van der Waals surface area (Å²) in [4.78, 5) is 30.7. The van der Waals surface area contributed by atoms with Gasteiger partial charge < -0.3 is 19.3 Å². The van der Waals surface area contributed by atoms with Crippen molar-refractivity contribution in [3.63, 3.8) is 0 Å². The average Bonchev–Trinajstić information content (AvgIpc) is 3.74. The minimum absolute atomic E-state index is 0. The molecule has 2 saturated heterocycles. The molecule has 58 heavy (non-hydrogen) atoms. The van der Waals surface area contributed by atoms with Gasteiger partial charge in [0.2, 0.25) is 5.91 Å². The highest BCUT2D eigenvalue weighted by molar-refractivity contribution is 5.85. The zero-order valence-electron chi connectivity index (χ0n) is 33.0. The number of para-hydroxylation sites is 2. The smallest absolute Gasteiger partial charge is 0.248 e. The van der Waals surface area contributed by atoms with Crippen LogP contribution in [-0.2, 0) is 24.4 Å². The van der Waals surface area contributed by atoms with E-state index in [2.05, 4.69) is 145 Å². The first-order valence-electron chi connectivity index (χ1n) is 20.4. The van der Waals surface area contributed by atoms with Gasteiger partial charge in [-0.05, 0) is 78.8 Å². The van der Waals surface area contributed by atoms with Gasteiger partial charge >= 0.3 is 0 Å². The molecule has 0 saturated carbocycles. The van der Waals surface area contributed by atoms with Crippen LogP contribution in [0.25, 0.3) is 0 Å². The third-order valence-corrected chi connectivity index (χ3v) is 11.8. The Morgan fingerprint density at radius 1 is 0.638 bits per heavy atom. The minimum Gasteiger partial charge on any atom is -0.371 e. The Labute approximate surface area is 349 Å². The van der Waals surface area contributed by atoms with Gasteiger partial charge in [-0.2, -0.15) is 5.26 Å². The highest BCUT2D eigenvalue weighted by Crippen LogP contribution is 2.35. The maximum absolute atomic E-state index is 16.0. The van der Waals surface area contributed by atoms with Crippen molar-refractivity contribution in [2.24, 2.45) is 0 Å². The summed E-state index contributed by atoms with van der Waals surface area (Å²) >= 11 is 0. The predicted molar refractivity (Wildman–Crippen MR) is 235 cm³/mol. The van der Waals surface area contributed by atoms with Crippen LogP contribution < -0.4 is 9.80 Å². The number of nitriles is 1. The maximum Gasteiger partial charge on any atom is 0.248 e. The van der Waals surface area contributed by atoms with E-state index in [1.54, 1.807) is 0 Å². The van der Waals surface area contributed by atoms with Gasteiger partial charge in [-0.15, -0.1) is 12.4 Å². The number of anilines is 2. The maximum atomic E-state index is 16.0. The lowest BCUT2D eigenvalue weighted by molar-refractivity contribution is -0.143. The Balaban J connectivity index is 0.00000512. The van der Waals surface area contributed by atoms with E-state index in [-0.39, 0.29) is 30.4 Å². The van der Waals surface area contributed by atoms with Crippen LogP contribution in [0.3, 0.4) is 0 Å². The first-order valence-corrected chi connectivity index (χ1v) is 20.4. The molecule has 8 nitrogen and oxygen atoms in total. The van der Waals surface area contributed by atoms with E-state index in [9.17, 15) is 5.26 Å². The van der Waals surface area contributed by atoms with Crippen molar-refractivity contribution in [2.75, 3.05) is 36.0 Å². The molecule has 0 spiro atoms. The molecule has 8 rings (SSSR count). The number of carbonyl (C=O) groups excluding carboxylic acids is 1. The molecule has 0 N–H and O–H groups in total. The molecule has 6 aromatic rings. The van der Waals surface area contributed by atoms with Gasteiger partial charge in [0.05, 0.1) is 11.6 Å². The zero-order chi connectivity index (χ0) is 38.8. The number of imidazole rings is 1. The molecular formula is C49H52ClN7O.